The number of aromatic amines is 1. The number of aromatic nitrogens is 1. The predicted molar refractivity (Wildman–Crippen MR) is 68.7 cm³/mol. The summed E-state index contributed by atoms with van der Waals surface area (Å²) >= 11 is 3.40. The van der Waals surface area contributed by atoms with E-state index in [4.69, 9.17) is 0 Å². The lowest BCUT2D eigenvalue weighted by atomic mass is 10.3. The minimum absolute atomic E-state index is 1.12. The van der Waals surface area contributed by atoms with Crippen LogP contribution in [0.25, 0.3) is 10.9 Å². The Labute approximate surface area is 94.7 Å². The first-order chi connectivity index (χ1) is 6.86. The number of rotatable bonds is 0. The van der Waals surface area contributed by atoms with E-state index < -0.39 is 0 Å². The minimum Gasteiger partial charge on any atom is -0.361 e. The third-order valence-electron chi connectivity index (χ3n) is 1.52. The van der Waals surface area contributed by atoms with Gasteiger partial charge >= 0.3 is 0 Å². The first-order valence-corrected chi connectivity index (χ1v) is 5.88. The first-order valence-electron chi connectivity index (χ1n) is 5.09. The van der Waals surface area contributed by atoms with Crippen LogP contribution < -0.4 is 0 Å². The normalized spacial score (nSPS) is 8.36. The monoisotopic (exact) mass is 255 g/mol. The van der Waals surface area contributed by atoms with Crippen molar-refractivity contribution in [2.45, 2.75) is 27.7 Å². The van der Waals surface area contributed by atoms with Crippen molar-refractivity contribution in [2.24, 2.45) is 0 Å². The molecule has 0 spiro atoms. The third kappa shape index (κ3) is 3.54. The zero-order valence-electron chi connectivity index (χ0n) is 9.26. The molecule has 78 valence electrons. The molecule has 2 heteroatoms. The molecular formula is C12H18BrN. The van der Waals surface area contributed by atoms with Crippen LogP contribution in [0.2, 0.25) is 0 Å². The fourth-order valence-corrected chi connectivity index (χ4v) is 1.40. The molecule has 0 saturated carbocycles. The van der Waals surface area contributed by atoms with Gasteiger partial charge in [0.25, 0.3) is 0 Å². The molecule has 1 aromatic heterocycles. The van der Waals surface area contributed by atoms with E-state index >= 15 is 0 Å². The van der Waals surface area contributed by atoms with E-state index in [-0.39, 0.29) is 0 Å². The second kappa shape index (κ2) is 7.63. The van der Waals surface area contributed by atoms with Crippen LogP contribution in [0.5, 0.6) is 0 Å². The van der Waals surface area contributed by atoms with Gasteiger partial charge in [-0.1, -0.05) is 43.6 Å². The van der Waals surface area contributed by atoms with Gasteiger partial charge in [-0.2, -0.15) is 0 Å². The highest BCUT2D eigenvalue weighted by molar-refractivity contribution is 9.10. The lowest BCUT2D eigenvalue weighted by molar-refractivity contribution is 1.48. The Bertz CT molecular complexity index is 352. The summed E-state index contributed by atoms with van der Waals surface area (Å²) in [6.45, 7) is 8.00. The number of hydrogen-bond acceptors (Lipinski definition) is 0. The Morgan fingerprint density at radius 1 is 1.00 bits per heavy atom. The second-order valence-corrected chi connectivity index (χ2v) is 3.12. The number of H-pyrrole nitrogens is 1. The largest absolute Gasteiger partial charge is 0.361 e. The van der Waals surface area contributed by atoms with Crippen molar-refractivity contribution in [3.8, 4) is 0 Å². The number of fused-ring (bicyclic) bond motifs is 1. The van der Waals surface area contributed by atoms with Gasteiger partial charge in [-0.3, -0.25) is 0 Å². The molecule has 2 aromatic rings. The molecule has 0 bridgehead atoms. The Balaban J connectivity index is 0.000000379. The van der Waals surface area contributed by atoms with E-state index in [1.807, 2.05) is 40.0 Å². The standard InChI is InChI=1S/C8H6BrN.2C2H6/c9-7-1-2-8-6(5-7)3-4-10-8;2*1-2/h1-5,10H;2*1-2H3. The van der Waals surface area contributed by atoms with E-state index in [1.54, 1.807) is 0 Å². The number of benzene rings is 1. The Morgan fingerprint density at radius 2 is 1.64 bits per heavy atom. The van der Waals surface area contributed by atoms with Crippen molar-refractivity contribution in [2.75, 3.05) is 0 Å². The summed E-state index contributed by atoms with van der Waals surface area (Å²) in [7, 11) is 0. The molecule has 1 nitrogen and oxygen atoms in total. The van der Waals surface area contributed by atoms with Crippen molar-refractivity contribution in [1.82, 2.24) is 4.98 Å². The summed E-state index contributed by atoms with van der Waals surface area (Å²) in [6.07, 6.45) is 1.94. The summed E-state index contributed by atoms with van der Waals surface area (Å²) in [4.78, 5) is 3.13. The van der Waals surface area contributed by atoms with Crippen LogP contribution in [0, 0.1) is 0 Å². The lowest BCUT2D eigenvalue weighted by Crippen LogP contribution is -1.65. The molecule has 14 heavy (non-hydrogen) atoms. The van der Waals surface area contributed by atoms with Crippen LogP contribution in [-0.4, -0.2) is 4.98 Å². The Hall–Kier alpha value is -0.760. The molecule has 0 atom stereocenters. The van der Waals surface area contributed by atoms with Crippen LogP contribution in [0.3, 0.4) is 0 Å². The van der Waals surface area contributed by atoms with Crippen LogP contribution in [0.4, 0.5) is 0 Å². The highest BCUT2D eigenvalue weighted by Crippen LogP contribution is 2.17. The highest BCUT2D eigenvalue weighted by atomic mass is 79.9. The van der Waals surface area contributed by atoms with Gasteiger partial charge in [0, 0.05) is 21.6 Å². The molecule has 1 N–H and O–H groups in total. The molecule has 0 amide bonds. The summed E-state index contributed by atoms with van der Waals surface area (Å²) in [5.74, 6) is 0. The molecule has 2 rings (SSSR count). The lowest BCUT2D eigenvalue weighted by Gasteiger charge is -1.88. The highest BCUT2D eigenvalue weighted by Gasteiger charge is 1.92. The summed E-state index contributed by atoms with van der Waals surface area (Å²) in [5.41, 5.74) is 1.18. The Morgan fingerprint density at radius 3 is 2.29 bits per heavy atom. The van der Waals surface area contributed by atoms with Crippen LogP contribution in [0.15, 0.2) is 34.9 Å². The SMILES string of the molecule is Brc1ccc2[nH]ccc2c1.CC.CC. The van der Waals surface area contributed by atoms with E-state index in [2.05, 4.69) is 39.1 Å². The molecule has 0 saturated heterocycles. The van der Waals surface area contributed by atoms with Crippen molar-refractivity contribution in [1.29, 1.82) is 0 Å². The molecule has 1 aromatic carbocycles. The zero-order chi connectivity index (χ0) is 11.0. The van der Waals surface area contributed by atoms with E-state index in [0.29, 0.717) is 0 Å². The number of halogens is 1. The quantitative estimate of drug-likeness (QED) is 0.684. The fourth-order valence-electron chi connectivity index (χ4n) is 1.02. The molecular weight excluding hydrogens is 238 g/mol. The maximum atomic E-state index is 3.40. The fraction of sp³-hybridized carbons (Fsp3) is 0.333. The van der Waals surface area contributed by atoms with Gasteiger partial charge in [0.2, 0.25) is 0 Å². The van der Waals surface area contributed by atoms with Crippen molar-refractivity contribution < 1.29 is 0 Å². The molecule has 0 aliphatic heterocycles. The smallest absolute Gasteiger partial charge is 0.0454 e. The van der Waals surface area contributed by atoms with Crippen LogP contribution >= 0.6 is 15.9 Å². The van der Waals surface area contributed by atoms with Gasteiger partial charge < -0.3 is 4.98 Å². The van der Waals surface area contributed by atoms with Crippen molar-refractivity contribution in [3.63, 3.8) is 0 Å². The first kappa shape index (κ1) is 13.2. The van der Waals surface area contributed by atoms with Gasteiger partial charge in [0.15, 0.2) is 0 Å². The summed E-state index contributed by atoms with van der Waals surface area (Å²) in [6, 6.07) is 8.23. The average molecular weight is 256 g/mol. The zero-order valence-corrected chi connectivity index (χ0v) is 10.9. The molecule has 0 aliphatic rings. The predicted octanol–water partition coefficient (Wildman–Crippen LogP) is 4.98. The molecule has 0 radical (unpaired) electrons. The average Bonchev–Trinajstić information content (AvgIpc) is 2.71. The van der Waals surface area contributed by atoms with Gasteiger partial charge in [0.1, 0.15) is 0 Å². The molecule has 1 heterocycles. The van der Waals surface area contributed by atoms with Gasteiger partial charge in [-0.05, 0) is 24.3 Å². The van der Waals surface area contributed by atoms with Gasteiger partial charge in [-0.25, -0.2) is 0 Å². The van der Waals surface area contributed by atoms with Crippen LogP contribution in [0.1, 0.15) is 27.7 Å². The summed E-state index contributed by atoms with van der Waals surface area (Å²) in [5, 5.41) is 1.24. The van der Waals surface area contributed by atoms with Gasteiger partial charge in [0.05, 0.1) is 0 Å². The topological polar surface area (TPSA) is 15.8 Å². The van der Waals surface area contributed by atoms with E-state index in [0.717, 1.165) is 4.47 Å². The van der Waals surface area contributed by atoms with Gasteiger partial charge in [-0.15, -0.1) is 0 Å². The third-order valence-corrected chi connectivity index (χ3v) is 2.01. The summed E-state index contributed by atoms with van der Waals surface area (Å²) < 4.78 is 1.12. The van der Waals surface area contributed by atoms with E-state index in [1.165, 1.54) is 10.9 Å². The minimum atomic E-state index is 1.12. The molecule has 0 aliphatic carbocycles. The maximum Gasteiger partial charge on any atom is 0.0454 e. The number of hydrogen-bond donors (Lipinski definition) is 1. The van der Waals surface area contributed by atoms with Crippen molar-refractivity contribution >= 4 is 26.8 Å². The molecule has 0 unspecified atom stereocenters. The second-order valence-electron chi connectivity index (χ2n) is 2.21. The van der Waals surface area contributed by atoms with Crippen molar-refractivity contribution in [3.05, 3.63) is 34.9 Å². The molecule has 0 fully saturated rings. The maximum absolute atomic E-state index is 3.40. The van der Waals surface area contributed by atoms with E-state index in [9.17, 15) is 0 Å². The van der Waals surface area contributed by atoms with Crippen LogP contribution in [-0.2, 0) is 0 Å². The number of nitrogens with one attached hydrogen (secondary N) is 1. The Kier molecular flexibility index (Phi) is 7.21.